The Balaban J connectivity index is 1.84. The van der Waals surface area contributed by atoms with E-state index in [1.165, 1.54) is 10.5 Å². The summed E-state index contributed by atoms with van der Waals surface area (Å²) >= 11 is 3.46. The van der Waals surface area contributed by atoms with Crippen molar-refractivity contribution in [3.05, 3.63) is 58.6 Å². The number of fused-ring (bicyclic) bond motifs is 1. The fourth-order valence-electron chi connectivity index (χ4n) is 1.92. The smallest absolute Gasteiger partial charge is 0.0757 e. The minimum Gasteiger partial charge on any atom is -0.250 e. The lowest BCUT2D eigenvalue weighted by Crippen LogP contribution is -1.87. The van der Waals surface area contributed by atoms with E-state index in [0.29, 0.717) is 0 Å². The number of nitrogens with zero attached hydrogens (tertiary/aromatic N) is 1. The first kappa shape index (κ1) is 11.1. The minimum absolute atomic E-state index is 0.254. The molecule has 86 valence electrons. The summed E-state index contributed by atoms with van der Waals surface area (Å²) in [5.74, 6) is 1.09. The molecule has 0 spiro atoms. The van der Waals surface area contributed by atoms with Crippen LogP contribution in [0.1, 0.15) is 5.56 Å². The third-order valence-electron chi connectivity index (χ3n) is 2.79. The van der Waals surface area contributed by atoms with Gasteiger partial charge in [-0.25, -0.2) is 0 Å². The van der Waals surface area contributed by atoms with Crippen molar-refractivity contribution in [2.75, 3.05) is 0 Å². The van der Waals surface area contributed by atoms with Gasteiger partial charge >= 0.3 is 0 Å². The van der Waals surface area contributed by atoms with Crippen molar-refractivity contribution in [3.63, 3.8) is 0 Å². The van der Waals surface area contributed by atoms with Crippen molar-refractivity contribution < 1.29 is 0 Å². The van der Waals surface area contributed by atoms with Crippen molar-refractivity contribution in [2.45, 2.75) is 10.6 Å². The first-order chi connectivity index (χ1) is 8.33. The van der Waals surface area contributed by atoms with Crippen LogP contribution in [0, 0.1) is 0 Å². The Morgan fingerprint density at radius 1 is 1.00 bits per heavy atom. The predicted molar refractivity (Wildman–Crippen MR) is 79.7 cm³/mol. The number of thiol groups is 1. The molecular weight excluding hydrogens is 294 g/mol. The van der Waals surface area contributed by atoms with E-state index in [0.717, 1.165) is 15.9 Å². The molecule has 0 bridgehead atoms. The van der Waals surface area contributed by atoms with Crippen LogP contribution in [-0.4, -0.2) is 5.55 Å². The van der Waals surface area contributed by atoms with Crippen LogP contribution in [0.15, 0.2) is 62.9 Å². The second kappa shape index (κ2) is 4.67. The zero-order valence-electron chi connectivity index (χ0n) is 9.18. The number of para-hydroxylation sites is 1. The number of rotatable bonds is 2. The van der Waals surface area contributed by atoms with Crippen molar-refractivity contribution in [3.8, 4) is 0 Å². The highest BCUT2D eigenvalue weighted by atomic mass is 79.9. The fraction of sp³-hybridized carbons (Fsp3) is 0.0714. The molecule has 3 rings (SSSR count). The van der Waals surface area contributed by atoms with Crippen molar-refractivity contribution in [2.24, 2.45) is 4.99 Å². The van der Waals surface area contributed by atoms with E-state index in [1.807, 2.05) is 0 Å². The summed E-state index contributed by atoms with van der Waals surface area (Å²) in [6.07, 6.45) is 0. The standard InChI is InChI=1S/C14H12BrNS/c15-12-7-5-11(6-8-12)9-17-10-16-13-3-1-2-4-14(13)17/h1-8,10,17H,9H2. The Hall–Kier alpha value is -1.06. The van der Waals surface area contributed by atoms with Gasteiger partial charge in [-0.2, -0.15) is 10.9 Å². The number of hydrogen-bond donors (Lipinski definition) is 1. The summed E-state index contributed by atoms with van der Waals surface area (Å²) in [5, 5.41) is 0. The average Bonchev–Trinajstić information content (AvgIpc) is 2.76. The maximum Gasteiger partial charge on any atom is 0.0757 e. The molecule has 1 atom stereocenters. The van der Waals surface area contributed by atoms with Crippen molar-refractivity contribution >= 4 is 38.1 Å². The molecule has 0 saturated heterocycles. The van der Waals surface area contributed by atoms with Gasteiger partial charge in [0, 0.05) is 20.7 Å². The summed E-state index contributed by atoms with van der Waals surface area (Å²) in [5.41, 5.74) is 4.65. The lowest BCUT2D eigenvalue weighted by atomic mass is 10.2. The van der Waals surface area contributed by atoms with Gasteiger partial charge in [0.15, 0.2) is 0 Å². The molecule has 0 amide bonds. The molecule has 0 aromatic heterocycles. The minimum atomic E-state index is -0.254. The number of benzene rings is 2. The van der Waals surface area contributed by atoms with Gasteiger partial charge in [0.1, 0.15) is 0 Å². The summed E-state index contributed by atoms with van der Waals surface area (Å²) in [4.78, 5) is 5.90. The van der Waals surface area contributed by atoms with E-state index in [4.69, 9.17) is 0 Å². The van der Waals surface area contributed by atoms with E-state index in [-0.39, 0.29) is 10.9 Å². The molecule has 0 aliphatic carbocycles. The van der Waals surface area contributed by atoms with Gasteiger partial charge in [-0.05, 0) is 29.8 Å². The Morgan fingerprint density at radius 2 is 1.76 bits per heavy atom. The molecule has 0 radical (unpaired) electrons. The Labute approximate surface area is 112 Å². The first-order valence-electron chi connectivity index (χ1n) is 5.47. The Morgan fingerprint density at radius 3 is 2.59 bits per heavy atom. The highest BCUT2D eigenvalue weighted by Crippen LogP contribution is 2.47. The summed E-state index contributed by atoms with van der Waals surface area (Å²) in [6, 6.07) is 17.0. The zero-order valence-corrected chi connectivity index (χ0v) is 11.7. The summed E-state index contributed by atoms with van der Waals surface area (Å²) in [7, 11) is -0.254. The molecule has 2 aromatic rings. The maximum absolute atomic E-state index is 4.49. The molecule has 2 aromatic carbocycles. The predicted octanol–water partition coefficient (Wildman–Crippen LogP) is 4.68. The zero-order chi connectivity index (χ0) is 11.7. The molecule has 1 aliphatic rings. The lowest BCUT2D eigenvalue weighted by molar-refractivity contribution is 1.36. The molecule has 0 N–H and O–H groups in total. The van der Waals surface area contributed by atoms with Crippen LogP contribution in [0.5, 0.6) is 0 Å². The fourth-order valence-corrected chi connectivity index (χ4v) is 4.14. The van der Waals surface area contributed by atoms with E-state index < -0.39 is 0 Å². The van der Waals surface area contributed by atoms with Gasteiger partial charge in [-0.1, -0.05) is 40.2 Å². The van der Waals surface area contributed by atoms with Crippen LogP contribution in [0.2, 0.25) is 0 Å². The van der Waals surface area contributed by atoms with Crippen LogP contribution in [0.25, 0.3) is 0 Å². The average molecular weight is 306 g/mol. The van der Waals surface area contributed by atoms with Crippen molar-refractivity contribution in [1.29, 1.82) is 0 Å². The molecule has 0 saturated carbocycles. The number of hydrogen-bond acceptors (Lipinski definition) is 1. The molecule has 17 heavy (non-hydrogen) atoms. The van der Waals surface area contributed by atoms with E-state index >= 15 is 0 Å². The molecule has 3 heteroatoms. The van der Waals surface area contributed by atoms with Crippen LogP contribution >= 0.6 is 26.8 Å². The molecule has 0 fully saturated rings. The Bertz CT molecular complexity index is 563. The van der Waals surface area contributed by atoms with Crippen molar-refractivity contribution in [1.82, 2.24) is 0 Å². The second-order valence-electron chi connectivity index (χ2n) is 3.99. The molecule has 1 aliphatic heterocycles. The third-order valence-corrected chi connectivity index (χ3v) is 5.42. The van der Waals surface area contributed by atoms with Crippen LogP contribution in [0.4, 0.5) is 5.69 Å². The third kappa shape index (κ3) is 2.31. The van der Waals surface area contributed by atoms with Gasteiger partial charge < -0.3 is 0 Å². The lowest BCUT2D eigenvalue weighted by Gasteiger charge is -2.13. The van der Waals surface area contributed by atoms with E-state index in [9.17, 15) is 0 Å². The monoisotopic (exact) mass is 305 g/mol. The SMILES string of the molecule is Brc1ccc(C[SH]2C=Nc3ccccc32)cc1. The largest absolute Gasteiger partial charge is 0.250 e. The topological polar surface area (TPSA) is 12.4 Å². The molecular formula is C14H12BrNS. The molecule has 1 heterocycles. The second-order valence-corrected chi connectivity index (χ2v) is 6.87. The van der Waals surface area contributed by atoms with Gasteiger partial charge in [0.25, 0.3) is 0 Å². The Kier molecular flexibility index (Phi) is 3.04. The van der Waals surface area contributed by atoms with Crippen LogP contribution in [-0.2, 0) is 5.75 Å². The summed E-state index contributed by atoms with van der Waals surface area (Å²) < 4.78 is 1.13. The quantitative estimate of drug-likeness (QED) is 0.773. The maximum atomic E-state index is 4.49. The van der Waals surface area contributed by atoms with E-state index in [1.54, 1.807) is 0 Å². The molecule has 1 unspecified atom stereocenters. The van der Waals surface area contributed by atoms with E-state index in [2.05, 4.69) is 75.0 Å². The summed E-state index contributed by atoms with van der Waals surface area (Å²) in [6.45, 7) is 0. The number of halogens is 1. The van der Waals surface area contributed by atoms with Gasteiger partial charge in [-0.3, -0.25) is 4.99 Å². The van der Waals surface area contributed by atoms with Gasteiger partial charge in [0.05, 0.1) is 5.69 Å². The first-order valence-corrected chi connectivity index (χ1v) is 7.86. The van der Waals surface area contributed by atoms with Gasteiger partial charge in [0.2, 0.25) is 0 Å². The number of aliphatic imine (C=N–C) groups is 1. The van der Waals surface area contributed by atoms with Crippen LogP contribution in [0.3, 0.4) is 0 Å². The van der Waals surface area contributed by atoms with Crippen LogP contribution < -0.4 is 0 Å². The highest BCUT2D eigenvalue weighted by molar-refractivity contribution is 9.10. The highest BCUT2D eigenvalue weighted by Gasteiger charge is 2.14. The molecule has 1 nitrogen and oxygen atoms in total. The van der Waals surface area contributed by atoms with Gasteiger partial charge in [-0.15, -0.1) is 0 Å². The normalized spacial score (nSPS) is 19.2.